The molecule has 0 unspecified atom stereocenters. The number of unbranched alkanes of at least 4 members (excludes halogenated alkanes) is 2. The zero-order valence-corrected chi connectivity index (χ0v) is 11.0. The zero-order valence-electron chi connectivity index (χ0n) is 11.0. The van der Waals surface area contributed by atoms with E-state index >= 15 is 0 Å². The van der Waals surface area contributed by atoms with Crippen LogP contribution in [0.3, 0.4) is 0 Å². The van der Waals surface area contributed by atoms with E-state index in [-0.39, 0.29) is 5.91 Å². The third-order valence-electron chi connectivity index (χ3n) is 2.94. The molecule has 1 amide bonds. The van der Waals surface area contributed by atoms with E-state index in [1.165, 1.54) is 6.42 Å². The van der Waals surface area contributed by atoms with E-state index in [2.05, 4.69) is 6.92 Å². The summed E-state index contributed by atoms with van der Waals surface area (Å²) in [5.41, 5.74) is 8.05. The van der Waals surface area contributed by atoms with Crippen molar-refractivity contribution in [2.45, 2.75) is 33.1 Å². The van der Waals surface area contributed by atoms with Crippen LogP contribution in [0.25, 0.3) is 0 Å². The molecule has 1 aromatic carbocycles. The van der Waals surface area contributed by atoms with Crippen molar-refractivity contribution >= 4 is 11.6 Å². The molecular formula is C14H22N2O. The number of nitrogens with two attached hydrogens (primary N) is 1. The van der Waals surface area contributed by atoms with Gasteiger partial charge in [0.25, 0.3) is 5.91 Å². The molecule has 0 spiro atoms. The predicted octanol–water partition coefficient (Wildman–Crippen LogP) is 2.84. The highest BCUT2D eigenvalue weighted by molar-refractivity contribution is 5.96. The number of carbonyl (C=O) groups is 1. The molecular weight excluding hydrogens is 212 g/mol. The summed E-state index contributed by atoms with van der Waals surface area (Å²) >= 11 is 0. The maximum atomic E-state index is 12.2. The lowest BCUT2D eigenvalue weighted by Gasteiger charge is -2.18. The Hall–Kier alpha value is -1.51. The fourth-order valence-corrected chi connectivity index (χ4v) is 1.78. The van der Waals surface area contributed by atoms with Gasteiger partial charge in [-0.1, -0.05) is 25.8 Å². The standard InChI is InChI=1S/C14H22N2O/c1-4-5-6-9-16(3)14(17)13-10-12(15)8-7-11(13)2/h7-8,10H,4-6,9,15H2,1-3H3. The number of hydrogen-bond acceptors (Lipinski definition) is 2. The Morgan fingerprint density at radius 1 is 1.35 bits per heavy atom. The highest BCUT2D eigenvalue weighted by Crippen LogP contribution is 2.14. The van der Waals surface area contributed by atoms with Crippen molar-refractivity contribution in [2.24, 2.45) is 0 Å². The Kier molecular flexibility index (Phi) is 5.01. The van der Waals surface area contributed by atoms with Crippen molar-refractivity contribution in [1.82, 2.24) is 4.90 Å². The second kappa shape index (κ2) is 6.28. The van der Waals surface area contributed by atoms with Crippen molar-refractivity contribution in [3.63, 3.8) is 0 Å². The van der Waals surface area contributed by atoms with Gasteiger partial charge in [0.2, 0.25) is 0 Å². The van der Waals surface area contributed by atoms with Gasteiger partial charge in [-0.3, -0.25) is 4.79 Å². The Balaban J connectivity index is 2.71. The molecule has 0 saturated carbocycles. The summed E-state index contributed by atoms with van der Waals surface area (Å²) in [4.78, 5) is 14.0. The number of hydrogen-bond donors (Lipinski definition) is 1. The minimum atomic E-state index is 0.0610. The molecule has 0 aromatic heterocycles. The summed E-state index contributed by atoms with van der Waals surface area (Å²) in [6.45, 7) is 4.90. The van der Waals surface area contributed by atoms with E-state index < -0.39 is 0 Å². The van der Waals surface area contributed by atoms with Gasteiger partial charge in [0.05, 0.1) is 0 Å². The molecule has 0 aliphatic rings. The van der Waals surface area contributed by atoms with Crippen molar-refractivity contribution in [1.29, 1.82) is 0 Å². The molecule has 0 fully saturated rings. The maximum Gasteiger partial charge on any atom is 0.253 e. The van der Waals surface area contributed by atoms with Gasteiger partial charge in [-0.05, 0) is 31.0 Å². The summed E-state index contributed by atoms with van der Waals surface area (Å²) in [6, 6.07) is 5.47. The Labute approximate surface area is 104 Å². The number of rotatable bonds is 5. The topological polar surface area (TPSA) is 46.3 Å². The summed E-state index contributed by atoms with van der Waals surface area (Å²) in [5.74, 6) is 0.0610. The van der Waals surface area contributed by atoms with Crippen LogP contribution in [0.2, 0.25) is 0 Å². The van der Waals surface area contributed by atoms with E-state index in [9.17, 15) is 4.79 Å². The van der Waals surface area contributed by atoms with Crippen molar-refractivity contribution in [3.8, 4) is 0 Å². The quantitative estimate of drug-likeness (QED) is 0.629. The summed E-state index contributed by atoms with van der Waals surface area (Å²) in [5, 5.41) is 0. The summed E-state index contributed by atoms with van der Waals surface area (Å²) < 4.78 is 0. The third kappa shape index (κ3) is 3.77. The number of nitrogens with zero attached hydrogens (tertiary/aromatic N) is 1. The van der Waals surface area contributed by atoms with Crippen LogP contribution in [0.4, 0.5) is 5.69 Å². The summed E-state index contributed by atoms with van der Waals surface area (Å²) in [6.07, 6.45) is 3.38. The van der Waals surface area contributed by atoms with Crippen molar-refractivity contribution < 1.29 is 4.79 Å². The average molecular weight is 234 g/mol. The largest absolute Gasteiger partial charge is 0.399 e. The van der Waals surface area contributed by atoms with E-state index in [1.807, 2.05) is 26.1 Å². The van der Waals surface area contributed by atoms with Crippen LogP contribution >= 0.6 is 0 Å². The SMILES string of the molecule is CCCCCN(C)C(=O)c1cc(N)ccc1C. The van der Waals surface area contributed by atoms with Crippen LogP contribution in [0.5, 0.6) is 0 Å². The van der Waals surface area contributed by atoms with Crippen LogP contribution in [0.15, 0.2) is 18.2 Å². The van der Waals surface area contributed by atoms with Crippen molar-refractivity contribution in [2.75, 3.05) is 19.3 Å². The zero-order chi connectivity index (χ0) is 12.8. The van der Waals surface area contributed by atoms with Gasteiger partial charge < -0.3 is 10.6 Å². The normalized spacial score (nSPS) is 10.3. The van der Waals surface area contributed by atoms with E-state index in [0.29, 0.717) is 11.3 Å². The second-order valence-corrected chi connectivity index (χ2v) is 4.51. The Morgan fingerprint density at radius 2 is 2.06 bits per heavy atom. The highest BCUT2D eigenvalue weighted by Gasteiger charge is 2.13. The average Bonchev–Trinajstić information content (AvgIpc) is 2.31. The van der Waals surface area contributed by atoms with Crippen LogP contribution in [-0.2, 0) is 0 Å². The first-order valence-electron chi connectivity index (χ1n) is 6.17. The molecule has 3 nitrogen and oxygen atoms in total. The number of carbonyl (C=O) groups excluding carboxylic acids is 1. The van der Waals surface area contributed by atoms with Gasteiger partial charge in [0.15, 0.2) is 0 Å². The third-order valence-corrected chi connectivity index (χ3v) is 2.94. The molecule has 2 N–H and O–H groups in total. The molecule has 3 heteroatoms. The van der Waals surface area contributed by atoms with Gasteiger partial charge in [0, 0.05) is 24.8 Å². The molecule has 0 saturated heterocycles. The fraction of sp³-hybridized carbons (Fsp3) is 0.500. The van der Waals surface area contributed by atoms with Crippen LogP contribution in [-0.4, -0.2) is 24.4 Å². The fourth-order valence-electron chi connectivity index (χ4n) is 1.78. The highest BCUT2D eigenvalue weighted by atomic mass is 16.2. The molecule has 17 heavy (non-hydrogen) atoms. The lowest BCUT2D eigenvalue weighted by atomic mass is 10.1. The van der Waals surface area contributed by atoms with Crippen molar-refractivity contribution in [3.05, 3.63) is 29.3 Å². The number of anilines is 1. The minimum absolute atomic E-state index is 0.0610. The first-order valence-corrected chi connectivity index (χ1v) is 6.17. The van der Waals surface area contributed by atoms with E-state index in [4.69, 9.17) is 5.73 Å². The second-order valence-electron chi connectivity index (χ2n) is 4.51. The molecule has 0 heterocycles. The molecule has 1 aromatic rings. The molecule has 0 radical (unpaired) electrons. The molecule has 0 aliphatic heterocycles. The number of aryl methyl sites for hydroxylation is 1. The minimum Gasteiger partial charge on any atom is -0.399 e. The molecule has 0 aliphatic carbocycles. The predicted molar refractivity (Wildman–Crippen MR) is 72.1 cm³/mol. The molecule has 94 valence electrons. The van der Waals surface area contributed by atoms with Gasteiger partial charge in [-0.15, -0.1) is 0 Å². The van der Waals surface area contributed by atoms with Gasteiger partial charge in [-0.2, -0.15) is 0 Å². The van der Waals surface area contributed by atoms with Gasteiger partial charge >= 0.3 is 0 Å². The van der Waals surface area contributed by atoms with Gasteiger partial charge in [0.1, 0.15) is 0 Å². The van der Waals surface area contributed by atoms with Crippen LogP contribution < -0.4 is 5.73 Å². The lowest BCUT2D eigenvalue weighted by molar-refractivity contribution is 0.0792. The Bertz CT molecular complexity index is 388. The monoisotopic (exact) mass is 234 g/mol. The van der Waals surface area contributed by atoms with Crippen LogP contribution in [0.1, 0.15) is 42.1 Å². The number of nitrogen functional groups attached to an aromatic ring is 1. The van der Waals surface area contributed by atoms with E-state index in [1.54, 1.807) is 11.0 Å². The molecule has 1 rings (SSSR count). The smallest absolute Gasteiger partial charge is 0.253 e. The lowest BCUT2D eigenvalue weighted by Crippen LogP contribution is -2.28. The maximum absolute atomic E-state index is 12.2. The van der Waals surface area contributed by atoms with Gasteiger partial charge in [-0.25, -0.2) is 0 Å². The number of amides is 1. The summed E-state index contributed by atoms with van der Waals surface area (Å²) in [7, 11) is 1.85. The van der Waals surface area contributed by atoms with Crippen LogP contribution in [0, 0.1) is 6.92 Å². The Morgan fingerprint density at radius 3 is 2.71 bits per heavy atom. The first-order chi connectivity index (χ1) is 8.06. The molecule has 0 bridgehead atoms. The number of benzene rings is 1. The molecule has 0 atom stereocenters. The first kappa shape index (κ1) is 13.6. The van der Waals surface area contributed by atoms with E-state index in [0.717, 1.165) is 24.9 Å².